The maximum atomic E-state index is 9.48. The van der Waals surface area contributed by atoms with E-state index in [9.17, 15) is 5.11 Å². The third-order valence-corrected chi connectivity index (χ3v) is 7.54. The van der Waals surface area contributed by atoms with Gasteiger partial charge in [0.1, 0.15) is 0 Å². The zero-order valence-electron chi connectivity index (χ0n) is 21.7. The van der Waals surface area contributed by atoms with E-state index in [4.69, 9.17) is 24.7 Å². The molecule has 2 aliphatic rings. The van der Waals surface area contributed by atoms with Crippen LogP contribution in [0.25, 0.3) is 0 Å². The third-order valence-electron chi connectivity index (χ3n) is 7.54. The van der Waals surface area contributed by atoms with Gasteiger partial charge in [0.25, 0.3) is 0 Å². The number of anilines is 1. The van der Waals surface area contributed by atoms with Crippen molar-refractivity contribution in [1.82, 2.24) is 4.90 Å². The normalized spacial score (nSPS) is 23.9. The van der Waals surface area contributed by atoms with Crippen molar-refractivity contribution >= 4 is 5.69 Å². The molecule has 7 heteroatoms. The molecule has 2 heterocycles. The molecule has 3 N–H and O–H groups in total. The Morgan fingerprint density at radius 1 is 0.946 bits per heavy atom. The van der Waals surface area contributed by atoms with Gasteiger partial charge in [-0.25, -0.2) is 0 Å². The van der Waals surface area contributed by atoms with Crippen molar-refractivity contribution in [3.8, 4) is 11.5 Å². The summed E-state index contributed by atoms with van der Waals surface area (Å²) in [5.41, 5.74) is 12.2. The van der Waals surface area contributed by atoms with Crippen LogP contribution in [0.2, 0.25) is 0 Å². The molecule has 0 aromatic heterocycles. The van der Waals surface area contributed by atoms with Gasteiger partial charge in [0.05, 0.1) is 33.0 Å². The van der Waals surface area contributed by atoms with Crippen molar-refractivity contribution in [2.24, 2.45) is 5.92 Å². The number of benzene rings is 3. The van der Waals surface area contributed by atoms with Gasteiger partial charge >= 0.3 is 0 Å². The Balaban J connectivity index is 1.39. The van der Waals surface area contributed by atoms with E-state index in [1.54, 1.807) is 14.2 Å². The summed E-state index contributed by atoms with van der Waals surface area (Å²) in [6.45, 7) is 4.75. The molecule has 2 aliphatic heterocycles. The standard InChI is InChI=1S/C30H36N2O5/c1-19-28(17-32-12-11-22-14-26(34-2)27(35-3)15-24(22)16-32)36-30(23-5-4-6-25(31)13-23)37-29(19)21-9-7-20(18-33)8-10-21/h4-10,13-15,19,28-30,33H,11-12,16-18,31H2,1-3H3. The Hall–Kier alpha value is -3.10. The minimum absolute atomic E-state index is 0.0199. The first-order valence-electron chi connectivity index (χ1n) is 12.8. The lowest BCUT2D eigenvalue weighted by Gasteiger charge is -2.43. The predicted molar refractivity (Wildman–Crippen MR) is 142 cm³/mol. The highest BCUT2D eigenvalue weighted by Crippen LogP contribution is 2.42. The zero-order chi connectivity index (χ0) is 25.9. The van der Waals surface area contributed by atoms with Gasteiger partial charge in [-0.05, 0) is 52.9 Å². The van der Waals surface area contributed by atoms with Gasteiger partial charge in [0.15, 0.2) is 17.8 Å². The lowest BCUT2D eigenvalue weighted by atomic mass is 9.89. The van der Waals surface area contributed by atoms with Crippen LogP contribution < -0.4 is 15.2 Å². The summed E-state index contributed by atoms with van der Waals surface area (Å²) in [4.78, 5) is 2.45. The highest BCUT2D eigenvalue weighted by Gasteiger charge is 2.39. The minimum Gasteiger partial charge on any atom is -0.493 e. The SMILES string of the molecule is COc1cc2c(cc1OC)CN(CC1OC(c3cccc(N)c3)OC(c3ccc(CO)cc3)C1C)CC2. The second kappa shape index (κ2) is 11.1. The van der Waals surface area contributed by atoms with E-state index < -0.39 is 6.29 Å². The molecule has 4 atom stereocenters. The van der Waals surface area contributed by atoms with E-state index in [-0.39, 0.29) is 24.7 Å². The summed E-state index contributed by atoms with van der Waals surface area (Å²) in [5, 5.41) is 9.48. The molecule has 1 saturated heterocycles. The molecule has 0 radical (unpaired) electrons. The highest BCUT2D eigenvalue weighted by atomic mass is 16.7. The molecule has 7 nitrogen and oxygen atoms in total. The maximum absolute atomic E-state index is 9.48. The number of hydrogen-bond donors (Lipinski definition) is 2. The average molecular weight is 505 g/mol. The Bertz CT molecular complexity index is 1220. The van der Waals surface area contributed by atoms with Crippen LogP contribution in [0.1, 0.15) is 47.1 Å². The first-order chi connectivity index (χ1) is 18.0. The zero-order valence-corrected chi connectivity index (χ0v) is 21.7. The number of methoxy groups -OCH3 is 2. The topological polar surface area (TPSA) is 86.4 Å². The molecule has 4 unspecified atom stereocenters. The quantitative estimate of drug-likeness (QED) is 0.454. The fraction of sp³-hybridized carbons (Fsp3) is 0.400. The first kappa shape index (κ1) is 25.5. The van der Waals surface area contributed by atoms with Crippen LogP contribution in [-0.2, 0) is 29.0 Å². The van der Waals surface area contributed by atoms with Crippen molar-refractivity contribution < 1.29 is 24.1 Å². The van der Waals surface area contributed by atoms with Crippen LogP contribution in [0.3, 0.4) is 0 Å². The number of ether oxygens (including phenoxy) is 4. The van der Waals surface area contributed by atoms with Gasteiger partial charge in [-0.3, -0.25) is 4.90 Å². The number of nitrogens with zero attached hydrogens (tertiary/aromatic N) is 1. The van der Waals surface area contributed by atoms with E-state index in [1.807, 2.05) is 48.5 Å². The first-order valence-corrected chi connectivity index (χ1v) is 12.8. The Labute approximate surface area is 218 Å². The number of aliphatic hydroxyl groups is 1. The smallest absolute Gasteiger partial charge is 0.185 e. The molecular formula is C30H36N2O5. The van der Waals surface area contributed by atoms with Crippen LogP contribution >= 0.6 is 0 Å². The van der Waals surface area contributed by atoms with E-state index in [0.717, 1.165) is 54.2 Å². The van der Waals surface area contributed by atoms with E-state index >= 15 is 0 Å². The van der Waals surface area contributed by atoms with Crippen LogP contribution in [-0.4, -0.2) is 43.4 Å². The summed E-state index contributed by atoms with van der Waals surface area (Å²) in [6.07, 6.45) is 0.218. The average Bonchev–Trinajstić information content (AvgIpc) is 2.93. The second-order valence-electron chi connectivity index (χ2n) is 9.95. The molecule has 3 aromatic rings. The largest absolute Gasteiger partial charge is 0.493 e. The number of aliphatic hydroxyl groups excluding tert-OH is 1. The minimum atomic E-state index is -0.520. The molecule has 0 amide bonds. The van der Waals surface area contributed by atoms with Crippen LogP contribution in [0.5, 0.6) is 11.5 Å². The summed E-state index contributed by atoms with van der Waals surface area (Å²) in [5.74, 6) is 1.65. The van der Waals surface area contributed by atoms with E-state index in [0.29, 0.717) is 5.69 Å². The summed E-state index contributed by atoms with van der Waals surface area (Å²) < 4.78 is 24.2. The van der Waals surface area contributed by atoms with Gasteiger partial charge in [-0.1, -0.05) is 43.3 Å². The Kier molecular flexibility index (Phi) is 7.67. The van der Waals surface area contributed by atoms with Gasteiger partial charge in [-0.2, -0.15) is 0 Å². The van der Waals surface area contributed by atoms with Gasteiger partial charge in [-0.15, -0.1) is 0 Å². The number of fused-ring (bicyclic) bond motifs is 1. The molecule has 37 heavy (non-hydrogen) atoms. The monoisotopic (exact) mass is 504 g/mol. The van der Waals surface area contributed by atoms with Crippen molar-refractivity contribution in [1.29, 1.82) is 0 Å². The molecule has 0 aliphatic carbocycles. The number of hydrogen-bond acceptors (Lipinski definition) is 7. The molecule has 0 spiro atoms. The molecule has 1 fully saturated rings. The summed E-state index contributed by atoms with van der Waals surface area (Å²) in [7, 11) is 3.35. The fourth-order valence-corrected chi connectivity index (χ4v) is 5.39. The second-order valence-corrected chi connectivity index (χ2v) is 9.95. The maximum Gasteiger partial charge on any atom is 0.185 e. The predicted octanol–water partition coefficient (Wildman–Crippen LogP) is 4.63. The van der Waals surface area contributed by atoms with E-state index in [1.165, 1.54) is 11.1 Å². The van der Waals surface area contributed by atoms with Crippen molar-refractivity contribution in [3.63, 3.8) is 0 Å². The molecule has 0 saturated carbocycles. The van der Waals surface area contributed by atoms with Crippen LogP contribution in [0.15, 0.2) is 60.7 Å². The lowest BCUT2D eigenvalue weighted by molar-refractivity contribution is -0.276. The number of rotatable bonds is 7. The summed E-state index contributed by atoms with van der Waals surface area (Å²) >= 11 is 0. The molecular weight excluding hydrogens is 468 g/mol. The van der Waals surface area contributed by atoms with Gasteiger partial charge < -0.3 is 29.8 Å². The van der Waals surface area contributed by atoms with E-state index in [2.05, 4.69) is 24.0 Å². The van der Waals surface area contributed by atoms with Crippen molar-refractivity contribution in [2.45, 2.75) is 45.0 Å². The van der Waals surface area contributed by atoms with Crippen LogP contribution in [0.4, 0.5) is 5.69 Å². The number of nitrogens with two attached hydrogens (primary N) is 1. The highest BCUT2D eigenvalue weighted by molar-refractivity contribution is 5.48. The Morgan fingerprint density at radius 3 is 2.35 bits per heavy atom. The molecule has 3 aromatic carbocycles. The van der Waals surface area contributed by atoms with Gasteiger partial charge in [0, 0.05) is 36.8 Å². The van der Waals surface area contributed by atoms with Crippen LogP contribution in [0, 0.1) is 5.92 Å². The fourth-order valence-electron chi connectivity index (χ4n) is 5.39. The van der Waals surface area contributed by atoms with Gasteiger partial charge in [0.2, 0.25) is 0 Å². The summed E-state index contributed by atoms with van der Waals surface area (Å²) in [6, 6.07) is 19.9. The third kappa shape index (κ3) is 5.45. The van der Waals surface area contributed by atoms with Crippen molar-refractivity contribution in [3.05, 3.63) is 88.5 Å². The number of nitrogen functional groups attached to an aromatic ring is 1. The van der Waals surface area contributed by atoms with Crippen molar-refractivity contribution in [2.75, 3.05) is 33.0 Å². The molecule has 0 bridgehead atoms. The lowest BCUT2D eigenvalue weighted by Crippen LogP contribution is -2.45. The molecule has 5 rings (SSSR count). The molecule has 196 valence electrons. The Morgan fingerprint density at radius 2 is 1.68 bits per heavy atom.